The van der Waals surface area contributed by atoms with Crippen molar-refractivity contribution in [3.63, 3.8) is 0 Å². The number of benzene rings is 1. The number of hydrogen-bond donors (Lipinski definition) is 1. The molecule has 0 amide bonds. The van der Waals surface area contributed by atoms with E-state index in [0.29, 0.717) is 16.7 Å². The highest BCUT2D eigenvalue weighted by Gasteiger charge is 2.26. The molecule has 1 aliphatic rings. The molecule has 2 aromatic heterocycles. The first-order chi connectivity index (χ1) is 13.9. The summed E-state index contributed by atoms with van der Waals surface area (Å²) in [5.41, 5.74) is 4.45. The van der Waals surface area contributed by atoms with Gasteiger partial charge in [-0.15, -0.1) is 0 Å². The van der Waals surface area contributed by atoms with Crippen LogP contribution in [-0.2, 0) is 0 Å². The zero-order valence-electron chi connectivity index (χ0n) is 17.7. The van der Waals surface area contributed by atoms with Gasteiger partial charge in [-0.2, -0.15) is 0 Å². The summed E-state index contributed by atoms with van der Waals surface area (Å²) < 4.78 is 0. The predicted octanol–water partition coefficient (Wildman–Crippen LogP) is 4.24. The van der Waals surface area contributed by atoms with Crippen LogP contribution in [0.1, 0.15) is 39.5 Å². The molecule has 1 aromatic carbocycles. The molecule has 0 saturated carbocycles. The van der Waals surface area contributed by atoms with E-state index in [2.05, 4.69) is 51.0 Å². The highest BCUT2D eigenvalue weighted by Crippen LogP contribution is 2.28. The minimum absolute atomic E-state index is 0. The summed E-state index contributed by atoms with van der Waals surface area (Å²) >= 11 is 0. The number of carbonyl (C=O) groups excluding carboxylic acids is 1. The number of ketones is 1. The van der Waals surface area contributed by atoms with Gasteiger partial charge in [0.25, 0.3) is 0 Å². The third-order valence-corrected chi connectivity index (χ3v) is 5.65. The molecule has 6 heteroatoms. The lowest BCUT2D eigenvalue weighted by atomic mass is 9.87. The fourth-order valence-corrected chi connectivity index (χ4v) is 3.77. The van der Waals surface area contributed by atoms with E-state index in [1.165, 1.54) is 5.69 Å². The van der Waals surface area contributed by atoms with Gasteiger partial charge in [0.05, 0.1) is 17.5 Å². The number of Topliss-reactive ketones (excluding diaryl/α,β-unsaturated/α-hetero) is 1. The van der Waals surface area contributed by atoms with Gasteiger partial charge in [-0.05, 0) is 18.7 Å². The average molecular weight is 394 g/mol. The number of aromatic nitrogens is 3. The number of anilines is 1. The van der Waals surface area contributed by atoms with Crippen molar-refractivity contribution in [3.8, 4) is 11.3 Å². The van der Waals surface area contributed by atoms with Gasteiger partial charge in [-0.1, -0.05) is 39.8 Å². The molecule has 0 radical (unpaired) electrons. The van der Waals surface area contributed by atoms with Gasteiger partial charge in [0, 0.05) is 50.5 Å². The van der Waals surface area contributed by atoms with Crippen molar-refractivity contribution in [2.45, 2.75) is 27.7 Å². The normalized spacial score (nSPS) is 15.8. The Morgan fingerprint density at radius 3 is 2.45 bits per heavy atom. The van der Waals surface area contributed by atoms with Crippen molar-refractivity contribution >= 4 is 22.6 Å². The first-order valence-corrected chi connectivity index (χ1v) is 10.3. The van der Waals surface area contributed by atoms with Crippen molar-refractivity contribution in [2.24, 2.45) is 5.41 Å². The van der Waals surface area contributed by atoms with Crippen molar-refractivity contribution in [2.75, 3.05) is 37.6 Å². The standard InChI is InChI=1S/C23H29N5O.H2/c1-5-27-10-12-28(13-11-27)17-8-6-16(7-9-17)19-15-25-22-20(26-19)18(14-24-22)21(29)23(2,3)4;/h6-9,14-15H,5,10-13H2,1-4H3,(H,24,25);1H. The van der Waals surface area contributed by atoms with Crippen LogP contribution < -0.4 is 4.90 Å². The van der Waals surface area contributed by atoms with Crippen LogP contribution in [0.2, 0.25) is 0 Å². The third kappa shape index (κ3) is 3.90. The highest BCUT2D eigenvalue weighted by atomic mass is 16.1. The van der Waals surface area contributed by atoms with Gasteiger partial charge in [0.15, 0.2) is 11.4 Å². The molecule has 1 aliphatic heterocycles. The molecule has 0 bridgehead atoms. The number of aromatic amines is 1. The Morgan fingerprint density at radius 1 is 1.14 bits per heavy atom. The van der Waals surface area contributed by atoms with Crippen molar-refractivity contribution in [1.29, 1.82) is 0 Å². The van der Waals surface area contributed by atoms with Crippen molar-refractivity contribution < 1.29 is 6.22 Å². The van der Waals surface area contributed by atoms with Crippen LogP contribution in [-0.4, -0.2) is 58.4 Å². The van der Waals surface area contributed by atoms with E-state index in [1.807, 2.05) is 20.8 Å². The SMILES string of the molecule is CCN1CCN(c2ccc(-c3cnc4[nH]cc(C(=O)C(C)(C)C)c4n3)cc2)CC1.[HH]. The van der Waals surface area contributed by atoms with Gasteiger partial charge in [0.1, 0.15) is 5.52 Å². The summed E-state index contributed by atoms with van der Waals surface area (Å²) in [5, 5.41) is 0. The molecule has 4 rings (SSSR count). The quantitative estimate of drug-likeness (QED) is 0.672. The van der Waals surface area contributed by atoms with E-state index in [9.17, 15) is 4.79 Å². The highest BCUT2D eigenvalue weighted by molar-refractivity contribution is 6.08. The Balaban J connectivity index is 0.00000256. The number of H-pyrrole nitrogens is 1. The molecule has 29 heavy (non-hydrogen) atoms. The third-order valence-electron chi connectivity index (χ3n) is 5.65. The molecule has 1 N–H and O–H groups in total. The molecule has 1 saturated heterocycles. The van der Waals surface area contributed by atoms with Crippen LogP contribution in [0.3, 0.4) is 0 Å². The Hall–Kier alpha value is -2.73. The maximum Gasteiger partial charge on any atom is 0.171 e. The number of carbonyl (C=O) groups is 1. The van der Waals surface area contributed by atoms with Crippen LogP contribution >= 0.6 is 0 Å². The molecule has 1 fully saturated rings. The summed E-state index contributed by atoms with van der Waals surface area (Å²) in [6.07, 6.45) is 3.49. The topological polar surface area (TPSA) is 65.1 Å². The second-order valence-electron chi connectivity index (χ2n) is 8.70. The molecule has 0 aliphatic carbocycles. The Bertz CT molecular complexity index is 1010. The van der Waals surface area contributed by atoms with Gasteiger partial charge in [-0.3, -0.25) is 4.79 Å². The second-order valence-corrected chi connectivity index (χ2v) is 8.70. The smallest absolute Gasteiger partial charge is 0.171 e. The number of nitrogens with one attached hydrogen (secondary N) is 1. The lowest BCUT2D eigenvalue weighted by Gasteiger charge is -2.35. The summed E-state index contributed by atoms with van der Waals surface area (Å²) in [6.45, 7) is 13.4. The Morgan fingerprint density at radius 2 is 1.83 bits per heavy atom. The van der Waals surface area contributed by atoms with Crippen molar-refractivity contribution in [1.82, 2.24) is 19.9 Å². The number of rotatable bonds is 4. The maximum absolute atomic E-state index is 12.8. The fraction of sp³-hybridized carbons (Fsp3) is 0.435. The molecule has 0 atom stereocenters. The summed E-state index contributed by atoms with van der Waals surface area (Å²) in [5.74, 6) is 0.0665. The van der Waals surface area contributed by atoms with E-state index in [4.69, 9.17) is 4.98 Å². The van der Waals surface area contributed by atoms with Gasteiger partial charge in [0.2, 0.25) is 0 Å². The number of nitrogens with zero attached hydrogens (tertiary/aromatic N) is 4. The van der Waals surface area contributed by atoms with Gasteiger partial charge < -0.3 is 14.8 Å². The largest absolute Gasteiger partial charge is 0.369 e. The van der Waals surface area contributed by atoms with Gasteiger partial charge >= 0.3 is 0 Å². The fourth-order valence-electron chi connectivity index (χ4n) is 3.77. The zero-order chi connectivity index (χ0) is 20.6. The van der Waals surface area contributed by atoms with Crippen molar-refractivity contribution in [3.05, 3.63) is 42.2 Å². The summed E-state index contributed by atoms with van der Waals surface area (Å²) in [6, 6.07) is 8.49. The Labute approximate surface area is 173 Å². The van der Waals surface area contributed by atoms with Gasteiger partial charge in [-0.25, -0.2) is 9.97 Å². The molecule has 3 aromatic rings. The number of hydrogen-bond acceptors (Lipinski definition) is 5. The molecule has 6 nitrogen and oxygen atoms in total. The molecule has 3 heterocycles. The van der Waals surface area contributed by atoms with Crippen LogP contribution in [0.5, 0.6) is 0 Å². The average Bonchev–Trinajstić information content (AvgIpc) is 3.16. The first-order valence-electron chi connectivity index (χ1n) is 10.3. The minimum atomic E-state index is -0.462. The molecular weight excluding hydrogens is 362 g/mol. The first kappa shape index (κ1) is 19.6. The van der Waals surface area contributed by atoms with E-state index in [-0.39, 0.29) is 7.21 Å². The molecule has 0 spiro atoms. The van der Waals surface area contributed by atoms with Crippen LogP contribution in [0, 0.1) is 5.41 Å². The van der Waals surface area contributed by atoms with E-state index in [1.54, 1.807) is 12.4 Å². The van der Waals surface area contributed by atoms with Crippen LogP contribution in [0.15, 0.2) is 36.7 Å². The molecule has 0 unspecified atom stereocenters. The summed E-state index contributed by atoms with van der Waals surface area (Å²) in [7, 11) is 0. The van der Waals surface area contributed by atoms with Crippen LogP contribution in [0.25, 0.3) is 22.4 Å². The number of piperazine rings is 1. The van der Waals surface area contributed by atoms with Crippen LogP contribution in [0.4, 0.5) is 5.69 Å². The number of likely N-dealkylation sites (N-methyl/N-ethyl adjacent to an activating group) is 1. The van der Waals surface area contributed by atoms with E-state index < -0.39 is 5.41 Å². The lowest BCUT2D eigenvalue weighted by Crippen LogP contribution is -2.46. The monoisotopic (exact) mass is 393 g/mol. The number of fused-ring (bicyclic) bond motifs is 1. The van der Waals surface area contributed by atoms with E-state index >= 15 is 0 Å². The lowest BCUT2D eigenvalue weighted by molar-refractivity contribution is 0.0860. The predicted molar refractivity (Wildman–Crippen MR) is 120 cm³/mol. The zero-order valence-corrected chi connectivity index (χ0v) is 17.7. The minimum Gasteiger partial charge on any atom is -0.369 e. The molecular formula is C23H31N5O. The molecule has 154 valence electrons. The summed E-state index contributed by atoms with van der Waals surface area (Å²) in [4.78, 5) is 30.0. The maximum atomic E-state index is 12.8. The van der Waals surface area contributed by atoms with E-state index in [0.717, 1.165) is 44.0 Å². The Kier molecular flexibility index (Phi) is 5.13. The second kappa shape index (κ2) is 7.59.